The number of fused-ring (bicyclic) bond motifs is 2. The molecule has 39 heavy (non-hydrogen) atoms. The van der Waals surface area contributed by atoms with Crippen molar-refractivity contribution in [2.24, 2.45) is 0 Å². The van der Waals surface area contributed by atoms with E-state index in [4.69, 9.17) is 49.0 Å². The van der Waals surface area contributed by atoms with Gasteiger partial charge in [0.05, 0.1) is 0 Å². The lowest BCUT2D eigenvalue weighted by molar-refractivity contribution is -0.167. The van der Waals surface area contributed by atoms with Gasteiger partial charge in [-0.2, -0.15) is 0 Å². The summed E-state index contributed by atoms with van der Waals surface area (Å²) in [5.74, 6) is -0.247. The van der Waals surface area contributed by atoms with Crippen molar-refractivity contribution < 1.29 is 38.2 Å². The second kappa shape index (κ2) is 13.7. The summed E-state index contributed by atoms with van der Waals surface area (Å²) < 4.78 is 13.2. The smallest absolute Gasteiger partial charge is 0.369 e. The van der Waals surface area contributed by atoms with Crippen LogP contribution in [-0.2, 0) is 35.3 Å². The number of hydrogen-bond donors (Lipinski definition) is 2. The summed E-state index contributed by atoms with van der Waals surface area (Å²) in [4.78, 5) is 60.8. The quantitative estimate of drug-likeness (QED) is 0.160. The zero-order valence-electron chi connectivity index (χ0n) is 20.2. The third kappa shape index (κ3) is 8.92. The highest BCUT2D eigenvalue weighted by Crippen LogP contribution is 2.35. The predicted molar refractivity (Wildman–Crippen MR) is 143 cm³/mol. The van der Waals surface area contributed by atoms with Gasteiger partial charge in [0.2, 0.25) is 22.3 Å². The standard InChI is InChI=1S/C18H18Cl3N3O7S.C6H4O/c1-10(26)23-12-14(27)24(15(12)32-17(29)31-8-18(19,20)21)13(22-9-25)16(28)30-7-11-5-3-2-4-6-11;1-2-5-4-6(3-1)7-5/h2-6,9,12-13,15H,7-8H2,1H3,(H,22,25)(H,23,26);1-4H. The minimum atomic E-state index is -1.86. The molecule has 11 nitrogen and oxygen atoms in total. The third-order valence-electron chi connectivity index (χ3n) is 5.00. The minimum Gasteiger partial charge on any atom is -0.458 e. The van der Waals surface area contributed by atoms with E-state index in [2.05, 4.69) is 10.6 Å². The van der Waals surface area contributed by atoms with E-state index in [9.17, 15) is 24.0 Å². The summed E-state index contributed by atoms with van der Waals surface area (Å²) in [5.41, 5.74) is 0.679. The molecule has 2 N–H and O–H groups in total. The van der Waals surface area contributed by atoms with Crippen molar-refractivity contribution in [1.29, 1.82) is 0 Å². The van der Waals surface area contributed by atoms with Crippen LogP contribution < -0.4 is 15.4 Å². The lowest BCUT2D eigenvalue weighted by atomic mass is 10.1. The van der Waals surface area contributed by atoms with Crippen LogP contribution in [0, 0.1) is 0 Å². The topological polar surface area (TPSA) is 140 Å². The number of benzene rings is 2. The van der Waals surface area contributed by atoms with E-state index in [1.807, 2.05) is 24.3 Å². The van der Waals surface area contributed by atoms with E-state index in [-0.39, 0.29) is 13.0 Å². The van der Waals surface area contributed by atoms with Gasteiger partial charge in [-0.3, -0.25) is 19.3 Å². The van der Waals surface area contributed by atoms with Crippen LogP contribution in [0.2, 0.25) is 0 Å². The number of alkyl halides is 3. The number of nitrogens with zero attached hydrogens (tertiary/aromatic N) is 1. The van der Waals surface area contributed by atoms with Gasteiger partial charge in [0, 0.05) is 13.0 Å². The van der Waals surface area contributed by atoms with Crippen LogP contribution in [0.5, 0.6) is 11.5 Å². The highest BCUT2D eigenvalue weighted by atomic mass is 35.6. The van der Waals surface area contributed by atoms with Crippen LogP contribution in [0.15, 0.2) is 54.6 Å². The zero-order chi connectivity index (χ0) is 28.6. The van der Waals surface area contributed by atoms with Gasteiger partial charge >= 0.3 is 11.3 Å². The average Bonchev–Trinajstić information content (AvgIpc) is 2.89. The molecule has 2 aromatic rings. The Hall–Kier alpha value is -3.19. The number of thioether (sulfide) groups is 1. The summed E-state index contributed by atoms with van der Waals surface area (Å²) in [7, 11) is 0. The van der Waals surface area contributed by atoms with Crippen molar-refractivity contribution in [3.8, 4) is 11.5 Å². The van der Waals surface area contributed by atoms with Gasteiger partial charge in [0.15, 0.2) is 0 Å². The number of likely N-dealkylation sites (tertiary alicyclic amines) is 1. The van der Waals surface area contributed by atoms with Crippen molar-refractivity contribution in [1.82, 2.24) is 15.5 Å². The number of ether oxygens (including phenoxy) is 3. The SMILES string of the molecule is CC(=O)NC1C(=O)N(C(NC=O)C(=O)OCc2ccccc2)C1SC(=O)OCC(Cl)(Cl)Cl.c1cc2cc(c1)O2. The average molecular weight is 619 g/mol. The fourth-order valence-electron chi connectivity index (χ4n) is 3.32. The molecule has 1 saturated heterocycles. The Morgan fingerprint density at radius 3 is 2.23 bits per heavy atom. The number of nitrogens with one attached hydrogen (secondary N) is 2. The maximum Gasteiger partial charge on any atom is 0.369 e. The predicted octanol–water partition coefficient (Wildman–Crippen LogP) is 3.51. The maximum absolute atomic E-state index is 12.6. The Morgan fingerprint density at radius 2 is 1.74 bits per heavy atom. The summed E-state index contributed by atoms with van der Waals surface area (Å²) in [6.07, 6.45) is -1.34. The molecule has 208 valence electrons. The summed E-state index contributed by atoms with van der Waals surface area (Å²) in [6.45, 7) is 0.495. The molecule has 0 radical (unpaired) electrons. The lowest BCUT2D eigenvalue weighted by Crippen LogP contribution is -2.75. The van der Waals surface area contributed by atoms with Gasteiger partial charge in [-0.1, -0.05) is 71.2 Å². The molecule has 0 aliphatic carbocycles. The fourth-order valence-corrected chi connectivity index (χ4v) is 4.47. The maximum atomic E-state index is 12.6. The molecule has 3 heterocycles. The number of hydrogen-bond acceptors (Lipinski definition) is 9. The van der Waals surface area contributed by atoms with Crippen LogP contribution in [0.25, 0.3) is 0 Å². The van der Waals surface area contributed by atoms with E-state index in [0.29, 0.717) is 17.3 Å². The van der Waals surface area contributed by atoms with Gasteiger partial charge in [-0.15, -0.1) is 0 Å². The number of rotatable bonds is 9. The molecule has 3 aliphatic rings. The van der Waals surface area contributed by atoms with Crippen molar-refractivity contribution in [2.75, 3.05) is 6.61 Å². The monoisotopic (exact) mass is 617 g/mol. The molecule has 1 fully saturated rings. The molecule has 3 aliphatic heterocycles. The zero-order valence-corrected chi connectivity index (χ0v) is 23.3. The molecular formula is C24H22Cl3N3O8S. The van der Waals surface area contributed by atoms with Crippen LogP contribution >= 0.6 is 46.6 Å². The molecular weight excluding hydrogens is 597 g/mol. The highest BCUT2D eigenvalue weighted by Gasteiger charge is 2.55. The van der Waals surface area contributed by atoms with Crippen LogP contribution in [0.3, 0.4) is 0 Å². The number of carbonyl (C=O) groups excluding carboxylic acids is 5. The van der Waals surface area contributed by atoms with E-state index >= 15 is 0 Å². The first-order chi connectivity index (χ1) is 18.5. The molecule has 3 atom stereocenters. The summed E-state index contributed by atoms with van der Waals surface area (Å²) in [6, 6.07) is 15.4. The normalized spacial score (nSPS) is 17.5. The largest absolute Gasteiger partial charge is 0.458 e. The Labute approximate surface area is 242 Å². The van der Waals surface area contributed by atoms with Gasteiger partial charge < -0.3 is 24.8 Å². The molecule has 0 aromatic heterocycles. The fraction of sp³-hybridized carbons (Fsp3) is 0.292. The lowest BCUT2D eigenvalue weighted by Gasteiger charge is -2.48. The second-order valence-corrected chi connectivity index (χ2v) is 11.5. The number of esters is 1. The minimum absolute atomic E-state index is 0.114. The highest BCUT2D eigenvalue weighted by molar-refractivity contribution is 8.13. The van der Waals surface area contributed by atoms with Gasteiger partial charge in [0.1, 0.15) is 36.1 Å². The van der Waals surface area contributed by atoms with Crippen molar-refractivity contribution in [3.05, 3.63) is 60.2 Å². The molecule has 0 saturated carbocycles. The Morgan fingerprint density at radius 1 is 1.10 bits per heavy atom. The first-order valence-electron chi connectivity index (χ1n) is 11.2. The number of carbonyl (C=O) groups is 5. The number of halogens is 3. The molecule has 15 heteroatoms. The Kier molecular flexibility index (Phi) is 10.7. The van der Waals surface area contributed by atoms with E-state index < -0.39 is 51.1 Å². The molecule has 2 aromatic carbocycles. The molecule has 0 spiro atoms. The van der Waals surface area contributed by atoms with Crippen molar-refractivity contribution in [3.63, 3.8) is 0 Å². The summed E-state index contributed by atoms with van der Waals surface area (Å²) in [5, 5.41) is 2.53. The van der Waals surface area contributed by atoms with Crippen molar-refractivity contribution in [2.45, 2.75) is 34.9 Å². The van der Waals surface area contributed by atoms with Crippen molar-refractivity contribution >= 4 is 76.1 Å². The second-order valence-electron chi connectivity index (χ2n) is 7.94. The summed E-state index contributed by atoms with van der Waals surface area (Å²) >= 11 is 17.1. The van der Waals surface area contributed by atoms with Crippen LogP contribution in [-0.4, -0.2) is 62.4 Å². The molecule has 2 bridgehead atoms. The van der Waals surface area contributed by atoms with E-state index in [1.165, 1.54) is 6.92 Å². The van der Waals surface area contributed by atoms with Gasteiger partial charge in [-0.05, 0) is 29.5 Å². The first kappa shape index (κ1) is 30.4. The molecule has 3 amide bonds. The first-order valence-corrected chi connectivity index (χ1v) is 13.2. The number of β-lactam (4-membered cyclic amide) rings is 1. The number of amides is 3. The van der Waals surface area contributed by atoms with Gasteiger partial charge in [-0.25, -0.2) is 9.59 Å². The van der Waals surface area contributed by atoms with Crippen LogP contribution in [0.1, 0.15) is 12.5 Å². The molecule has 5 rings (SSSR count). The Balaban J connectivity index is 0.000000509. The molecule has 3 unspecified atom stereocenters. The third-order valence-corrected chi connectivity index (χ3v) is 6.38. The Bertz CT molecular complexity index is 1190. The van der Waals surface area contributed by atoms with E-state index in [1.54, 1.807) is 30.3 Å². The van der Waals surface area contributed by atoms with Crippen LogP contribution in [0.4, 0.5) is 4.79 Å². The van der Waals surface area contributed by atoms with Gasteiger partial charge in [0.25, 0.3) is 5.91 Å². The van der Waals surface area contributed by atoms with E-state index in [0.717, 1.165) is 16.4 Å².